The molecule has 2 fully saturated rings. The van der Waals surface area contributed by atoms with E-state index in [1.165, 1.54) is 6.07 Å². The van der Waals surface area contributed by atoms with Gasteiger partial charge in [-0.05, 0) is 61.8 Å². The number of aryl methyl sites for hydroxylation is 1. The lowest BCUT2D eigenvalue weighted by molar-refractivity contribution is -0.0264. The van der Waals surface area contributed by atoms with Crippen molar-refractivity contribution in [2.24, 2.45) is 5.41 Å². The van der Waals surface area contributed by atoms with Crippen LogP contribution < -0.4 is 10.5 Å². The van der Waals surface area contributed by atoms with Gasteiger partial charge in [0, 0.05) is 18.8 Å². The molecular weight excluding hydrogens is 406 g/mol. The number of benzene rings is 1. The van der Waals surface area contributed by atoms with E-state index < -0.39 is 5.60 Å². The normalized spacial score (nSPS) is 25.3. The highest BCUT2D eigenvalue weighted by Gasteiger charge is 2.52. The minimum atomic E-state index is -0.555. The van der Waals surface area contributed by atoms with E-state index in [-0.39, 0.29) is 17.1 Å². The quantitative estimate of drug-likeness (QED) is 0.678. The lowest BCUT2D eigenvalue weighted by atomic mass is 9.68. The Labute approximate surface area is 185 Å². The van der Waals surface area contributed by atoms with E-state index in [9.17, 15) is 14.9 Å². The summed E-state index contributed by atoms with van der Waals surface area (Å²) in [6.45, 7) is 5.26. The van der Waals surface area contributed by atoms with E-state index in [0.717, 1.165) is 48.8 Å². The molecule has 3 aromatic rings. The van der Waals surface area contributed by atoms with Gasteiger partial charge in [0.15, 0.2) is 0 Å². The second kappa shape index (κ2) is 7.23. The number of fused-ring (bicyclic) bond motifs is 1. The Balaban J connectivity index is 1.41. The van der Waals surface area contributed by atoms with Crippen molar-refractivity contribution in [3.63, 3.8) is 0 Å². The first kappa shape index (κ1) is 20.3. The Kier molecular flexibility index (Phi) is 4.59. The monoisotopic (exact) mass is 431 g/mol. The van der Waals surface area contributed by atoms with E-state index >= 15 is 0 Å². The molecule has 32 heavy (non-hydrogen) atoms. The maximum Gasteiger partial charge on any atom is 0.415 e. The van der Waals surface area contributed by atoms with Gasteiger partial charge < -0.3 is 14.3 Å². The van der Waals surface area contributed by atoms with Crippen LogP contribution in [-0.2, 0) is 11.3 Å². The van der Waals surface area contributed by atoms with Crippen LogP contribution in [0.2, 0.25) is 0 Å². The van der Waals surface area contributed by atoms with Crippen LogP contribution in [0.25, 0.3) is 11.0 Å². The van der Waals surface area contributed by atoms with Gasteiger partial charge >= 0.3 is 6.09 Å². The van der Waals surface area contributed by atoms with E-state index in [1.54, 1.807) is 17.2 Å². The van der Waals surface area contributed by atoms with Gasteiger partial charge in [-0.15, -0.1) is 0 Å². The van der Waals surface area contributed by atoms with Crippen LogP contribution in [0.3, 0.4) is 0 Å². The van der Waals surface area contributed by atoms with Gasteiger partial charge in [-0.2, -0.15) is 5.26 Å². The largest absolute Gasteiger partial charge is 0.441 e. The number of ether oxygens (including phenoxy) is 1. The zero-order chi connectivity index (χ0) is 22.5. The molecule has 0 bridgehead atoms. The standard InChI is InChI=1S/C24H25N5O3/c1-16-8-21(30)26-11-20(16)29-14-24(32-22(29)31)7-3-6-23(2,12-24)13-28-15-27-18-5-4-17(10-25)9-19(18)28/h4-5,8-9,11,15H,3,6-7,12-14H2,1-2H3,(H,26,30)/t23-,24-/m0/s1. The molecule has 5 rings (SSSR count). The number of nitrogens with zero attached hydrogens (tertiary/aromatic N) is 4. The van der Waals surface area contributed by atoms with Crippen LogP contribution in [0.4, 0.5) is 10.5 Å². The van der Waals surface area contributed by atoms with Crippen LogP contribution >= 0.6 is 0 Å². The zero-order valence-corrected chi connectivity index (χ0v) is 18.2. The smallest absolute Gasteiger partial charge is 0.415 e. The zero-order valence-electron chi connectivity index (χ0n) is 18.2. The number of amides is 1. The summed E-state index contributed by atoms with van der Waals surface area (Å²) in [5, 5.41) is 9.26. The third-order valence-electron chi connectivity index (χ3n) is 6.83. The Morgan fingerprint density at radius 3 is 2.91 bits per heavy atom. The first-order chi connectivity index (χ1) is 15.3. The number of carbonyl (C=O) groups is 1. The summed E-state index contributed by atoms with van der Waals surface area (Å²) in [5.41, 5.74) is 3.02. The minimum absolute atomic E-state index is 0.0924. The molecule has 1 amide bonds. The minimum Gasteiger partial charge on any atom is -0.441 e. The molecule has 8 heteroatoms. The number of hydrogen-bond donors (Lipinski definition) is 1. The van der Waals surface area contributed by atoms with Gasteiger partial charge in [0.1, 0.15) is 5.60 Å². The summed E-state index contributed by atoms with van der Waals surface area (Å²) in [7, 11) is 0. The lowest BCUT2D eigenvalue weighted by Crippen LogP contribution is -2.45. The molecule has 1 spiro atoms. The molecule has 2 atom stereocenters. The third kappa shape index (κ3) is 3.44. The summed E-state index contributed by atoms with van der Waals surface area (Å²) in [6, 6.07) is 9.22. The van der Waals surface area contributed by atoms with Crippen LogP contribution in [0.1, 0.15) is 43.7 Å². The predicted octanol–water partition coefficient (Wildman–Crippen LogP) is 3.88. The van der Waals surface area contributed by atoms with Gasteiger partial charge in [-0.25, -0.2) is 9.78 Å². The van der Waals surface area contributed by atoms with Crippen molar-refractivity contribution in [2.75, 3.05) is 11.4 Å². The highest BCUT2D eigenvalue weighted by molar-refractivity contribution is 5.91. The fourth-order valence-corrected chi connectivity index (χ4v) is 5.48. The van der Waals surface area contributed by atoms with Crippen LogP contribution in [0.15, 0.2) is 41.6 Å². The van der Waals surface area contributed by atoms with E-state index in [4.69, 9.17) is 4.74 Å². The number of imidazole rings is 1. The van der Waals surface area contributed by atoms with Crippen molar-refractivity contribution in [3.8, 4) is 6.07 Å². The SMILES string of the molecule is Cc1cc(=O)[nH]cc1N1C[C@@]2(CCC[C@](C)(Cn3cnc4ccc(C#N)cc43)C2)OC1=O. The first-order valence-electron chi connectivity index (χ1n) is 10.8. The summed E-state index contributed by atoms with van der Waals surface area (Å²) in [5.74, 6) is 0. The van der Waals surface area contributed by atoms with E-state index in [1.807, 2.05) is 25.4 Å². The van der Waals surface area contributed by atoms with Crippen LogP contribution in [0.5, 0.6) is 0 Å². The number of aromatic nitrogens is 3. The number of aromatic amines is 1. The number of hydrogen-bond acceptors (Lipinski definition) is 5. The molecule has 8 nitrogen and oxygen atoms in total. The van der Waals surface area contributed by atoms with E-state index in [0.29, 0.717) is 17.8 Å². The maximum atomic E-state index is 12.8. The van der Waals surface area contributed by atoms with Crippen molar-refractivity contribution in [1.29, 1.82) is 5.26 Å². The Bertz CT molecular complexity index is 1320. The van der Waals surface area contributed by atoms with Crippen molar-refractivity contribution >= 4 is 22.8 Å². The average molecular weight is 431 g/mol. The van der Waals surface area contributed by atoms with Crippen molar-refractivity contribution in [3.05, 3.63) is 58.3 Å². The average Bonchev–Trinajstić information content (AvgIpc) is 3.27. The second-order valence-corrected chi connectivity index (χ2v) is 9.53. The Morgan fingerprint density at radius 2 is 2.12 bits per heavy atom. The molecule has 1 aliphatic carbocycles. The molecule has 1 saturated heterocycles. The summed E-state index contributed by atoms with van der Waals surface area (Å²) >= 11 is 0. The molecule has 2 aliphatic rings. The molecular formula is C24H25N5O3. The highest BCUT2D eigenvalue weighted by atomic mass is 16.6. The number of pyridine rings is 1. The van der Waals surface area contributed by atoms with Gasteiger partial charge in [-0.3, -0.25) is 9.69 Å². The molecule has 0 radical (unpaired) electrons. The fourth-order valence-electron chi connectivity index (χ4n) is 5.48. The number of nitrogens with one attached hydrogen (secondary N) is 1. The van der Waals surface area contributed by atoms with Gasteiger partial charge in [-0.1, -0.05) is 6.92 Å². The third-order valence-corrected chi connectivity index (χ3v) is 6.83. The molecule has 2 aromatic heterocycles. The number of carbonyl (C=O) groups excluding carboxylic acids is 1. The molecule has 1 aromatic carbocycles. The molecule has 3 heterocycles. The van der Waals surface area contributed by atoms with Crippen LogP contribution in [0, 0.1) is 23.7 Å². The van der Waals surface area contributed by atoms with Crippen LogP contribution in [-0.4, -0.2) is 32.8 Å². The molecule has 1 saturated carbocycles. The van der Waals surface area contributed by atoms with Gasteiger partial charge in [0.25, 0.3) is 0 Å². The van der Waals surface area contributed by atoms with Crippen molar-refractivity contribution < 1.29 is 9.53 Å². The van der Waals surface area contributed by atoms with Crippen molar-refractivity contribution in [1.82, 2.24) is 14.5 Å². The summed E-state index contributed by atoms with van der Waals surface area (Å²) in [6.07, 6.45) is 6.58. The first-order valence-corrected chi connectivity index (χ1v) is 10.8. The molecule has 164 valence electrons. The molecule has 1 aliphatic heterocycles. The summed E-state index contributed by atoms with van der Waals surface area (Å²) in [4.78, 5) is 33.2. The lowest BCUT2D eigenvalue weighted by Gasteiger charge is -2.43. The number of rotatable bonds is 3. The van der Waals surface area contributed by atoms with Gasteiger partial charge in [0.2, 0.25) is 5.56 Å². The number of anilines is 1. The fraction of sp³-hybridized carbons (Fsp3) is 0.417. The van der Waals surface area contributed by atoms with Crippen molar-refractivity contribution in [2.45, 2.75) is 51.7 Å². The Morgan fingerprint density at radius 1 is 1.28 bits per heavy atom. The highest BCUT2D eigenvalue weighted by Crippen LogP contribution is 2.48. The van der Waals surface area contributed by atoms with Gasteiger partial charge in [0.05, 0.1) is 41.2 Å². The molecule has 1 N–H and O–H groups in total. The molecule has 0 unspecified atom stereocenters. The number of nitriles is 1. The topological polar surface area (TPSA) is 104 Å². The Hall–Kier alpha value is -3.60. The summed E-state index contributed by atoms with van der Waals surface area (Å²) < 4.78 is 8.11. The predicted molar refractivity (Wildman–Crippen MR) is 119 cm³/mol. The van der Waals surface area contributed by atoms with E-state index in [2.05, 4.69) is 27.5 Å². The number of H-pyrrole nitrogens is 1. The maximum absolute atomic E-state index is 12.8. The second-order valence-electron chi connectivity index (χ2n) is 9.53.